The molecule has 1 aliphatic rings. The van der Waals surface area contributed by atoms with Crippen LogP contribution < -0.4 is 5.73 Å². The molecule has 0 unspecified atom stereocenters. The van der Waals surface area contributed by atoms with Crippen molar-refractivity contribution in [3.8, 4) is 6.07 Å². The maximum Gasteiger partial charge on any atom is 0.0995 e. The molecule has 0 radical (unpaired) electrons. The zero-order chi connectivity index (χ0) is 9.97. The molecule has 0 bridgehead atoms. The molecule has 0 aliphatic heterocycles. The van der Waals surface area contributed by atoms with Crippen LogP contribution in [0, 0.1) is 17.2 Å². The van der Waals surface area contributed by atoms with Gasteiger partial charge in [0.2, 0.25) is 0 Å². The minimum atomic E-state index is 0.0401. The highest BCUT2D eigenvalue weighted by atomic mass is 14.6. The Morgan fingerprint density at radius 2 is 2.14 bits per heavy atom. The number of hydrogen-bond acceptors (Lipinski definition) is 2. The van der Waals surface area contributed by atoms with Crippen molar-refractivity contribution in [1.29, 1.82) is 5.26 Å². The monoisotopic (exact) mass is 186 g/mol. The smallest absolute Gasteiger partial charge is 0.0995 e. The van der Waals surface area contributed by atoms with Gasteiger partial charge in [0.1, 0.15) is 0 Å². The van der Waals surface area contributed by atoms with Crippen LogP contribution in [0.25, 0.3) is 0 Å². The Morgan fingerprint density at radius 1 is 1.43 bits per heavy atom. The fourth-order valence-electron chi connectivity index (χ4n) is 1.76. The van der Waals surface area contributed by atoms with Gasteiger partial charge in [-0.25, -0.2) is 0 Å². The molecule has 2 N–H and O–H groups in total. The van der Waals surface area contributed by atoms with Gasteiger partial charge >= 0.3 is 0 Å². The molecule has 1 saturated carbocycles. The highest BCUT2D eigenvalue weighted by Crippen LogP contribution is 2.37. The molecule has 0 saturated heterocycles. The van der Waals surface area contributed by atoms with Gasteiger partial charge in [0, 0.05) is 6.04 Å². The predicted octanol–water partition coefficient (Wildman–Crippen LogP) is 2.36. The molecule has 1 aromatic rings. The topological polar surface area (TPSA) is 49.8 Å². The predicted molar refractivity (Wildman–Crippen MR) is 55.4 cm³/mol. The highest BCUT2D eigenvalue weighted by molar-refractivity contribution is 5.39. The summed E-state index contributed by atoms with van der Waals surface area (Å²) in [6.45, 7) is 0. The lowest BCUT2D eigenvalue weighted by molar-refractivity contribution is 0.596. The second-order valence-corrected chi connectivity index (χ2v) is 3.98. The molecular formula is C12H14N2. The average molecular weight is 186 g/mol. The summed E-state index contributed by atoms with van der Waals surface area (Å²) in [6, 6.07) is 9.86. The van der Waals surface area contributed by atoms with Crippen molar-refractivity contribution in [2.75, 3.05) is 0 Å². The first-order valence-corrected chi connectivity index (χ1v) is 5.06. The van der Waals surface area contributed by atoms with Crippen LogP contribution in [0.1, 0.15) is 36.4 Å². The van der Waals surface area contributed by atoms with Crippen LogP contribution in [0.4, 0.5) is 0 Å². The summed E-state index contributed by atoms with van der Waals surface area (Å²) in [5.41, 5.74) is 7.79. The Bertz CT molecular complexity index is 361. The van der Waals surface area contributed by atoms with E-state index < -0.39 is 0 Å². The zero-order valence-electron chi connectivity index (χ0n) is 8.11. The van der Waals surface area contributed by atoms with E-state index in [0.29, 0.717) is 0 Å². The Morgan fingerprint density at radius 3 is 2.79 bits per heavy atom. The first kappa shape index (κ1) is 9.23. The number of nitriles is 1. The third kappa shape index (κ3) is 1.94. The molecule has 1 atom stereocenters. The first-order chi connectivity index (χ1) is 6.81. The van der Waals surface area contributed by atoms with Gasteiger partial charge < -0.3 is 5.73 Å². The molecule has 72 valence electrons. The highest BCUT2D eigenvalue weighted by Gasteiger charge is 2.25. The van der Waals surface area contributed by atoms with Crippen molar-refractivity contribution < 1.29 is 0 Å². The Balaban J connectivity index is 2.16. The van der Waals surface area contributed by atoms with Crippen LogP contribution in [0.3, 0.4) is 0 Å². The molecule has 14 heavy (non-hydrogen) atoms. The fraction of sp³-hybridized carbons (Fsp3) is 0.417. The van der Waals surface area contributed by atoms with Crippen molar-refractivity contribution >= 4 is 0 Å². The summed E-state index contributed by atoms with van der Waals surface area (Å²) in [7, 11) is 0. The van der Waals surface area contributed by atoms with E-state index in [1.807, 2.05) is 24.3 Å². The largest absolute Gasteiger partial charge is 0.324 e. The summed E-state index contributed by atoms with van der Waals surface area (Å²) in [5, 5.41) is 8.91. The number of hydrogen-bond donors (Lipinski definition) is 1. The van der Waals surface area contributed by atoms with E-state index in [2.05, 4.69) is 6.07 Å². The van der Waals surface area contributed by atoms with Crippen molar-refractivity contribution in [3.63, 3.8) is 0 Å². The standard InChI is InChI=1S/C12H14N2/c13-8-10-3-1-2-4-11(10)12(14)7-9-5-6-9/h1-4,9,12H,5-7,14H2/t12-/m1/s1. The molecule has 1 aliphatic carbocycles. The lowest BCUT2D eigenvalue weighted by Crippen LogP contribution is -2.12. The Kier molecular flexibility index (Phi) is 2.51. The van der Waals surface area contributed by atoms with Gasteiger partial charge in [-0.15, -0.1) is 0 Å². The van der Waals surface area contributed by atoms with E-state index in [-0.39, 0.29) is 6.04 Å². The number of nitrogens with zero attached hydrogens (tertiary/aromatic N) is 1. The van der Waals surface area contributed by atoms with Crippen molar-refractivity contribution in [1.82, 2.24) is 0 Å². The van der Waals surface area contributed by atoms with Gasteiger partial charge in [0.25, 0.3) is 0 Å². The van der Waals surface area contributed by atoms with E-state index in [0.717, 1.165) is 23.5 Å². The minimum Gasteiger partial charge on any atom is -0.324 e. The van der Waals surface area contributed by atoms with Crippen molar-refractivity contribution in [2.24, 2.45) is 11.7 Å². The maximum absolute atomic E-state index is 8.91. The fourth-order valence-corrected chi connectivity index (χ4v) is 1.76. The molecule has 1 aromatic carbocycles. The first-order valence-electron chi connectivity index (χ1n) is 5.06. The second-order valence-electron chi connectivity index (χ2n) is 3.98. The molecule has 1 fully saturated rings. The molecule has 0 aromatic heterocycles. The summed E-state index contributed by atoms with van der Waals surface area (Å²) < 4.78 is 0. The van der Waals surface area contributed by atoms with Crippen LogP contribution in [-0.2, 0) is 0 Å². The third-order valence-corrected chi connectivity index (χ3v) is 2.76. The van der Waals surface area contributed by atoms with Crippen molar-refractivity contribution in [2.45, 2.75) is 25.3 Å². The van der Waals surface area contributed by atoms with Gasteiger partial charge in [0.15, 0.2) is 0 Å². The van der Waals surface area contributed by atoms with E-state index in [1.165, 1.54) is 12.8 Å². The molecule has 2 nitrogen and oxygen atoms in total. The second kappa shape index (κ2) is 3.81. The van der Waals surface area contributed by atoms with Crippen molar-refractivity contribution in [3.05, 3.63) is 35.4 Å². The number of nitrogens with two attached hydrogens (primary N) is 1. The van der Waals surface area contributed by atoms with Crippen LogP contribution in [0.5, 0.6) is 0 Å². The van der Waals surface area contributed by atoms with Crippen LogP contribution in [-0.4, -0.2) is 0 Å². The lowest BCUT2D eigenvalue weighted by atomic mass is 9.98. The molecule has 0 spiro atoms. The third-order valence-electron chi connectivity index (χ3n) is 2.76. The average Bonchev–Trinajstić information content (AvgIpc) is 3.01. The van der Waals surface area contributed by atoms with E-state index in [9.17, 15) is 0 Å². The van der Waals surface area contributed by atoms with E-state index in [1.54, 1.807) is 0 Å². The van der Waals surface area contributed by atoms with Gasteiger partial charge in [0.05, 0.1) is 11.6 Å². The van der Waals surface area contributed by atoms with Crippen LogP contribution >= 0.6 is 0 Å². The molecule has 2 rings (SSSR count). The molecule has 2 heteroatoms. The summed E-state index contributed by atoms with van der Waals surface area (Å²) in [5.74, 6) is 0.803. The Labute approximate surface area is 84.3 Å². The summed E-state index contributed by atoms with van der Waals surface area (Å²) in [6.07, 6.45) is 3.64. The Hall–Kier alpha value is -1.33. The molecule has 0 heterocycles. The number of benzene rings is 1. The van der Waals surface area contributed by atoms with E-state index >= 15 is 0 Å². The van der Waals surface area contributed by atoms with E-state index in [4.69, 9.17) is 11.0 Å². The zero-order valence-corrected chi connectivity index (χ0v) is 8.11. The number of rotatable bonds is 3. The van der Waals surface area contributed by atoms with Gasteiger partial charge in [-0.2, -0.15) is 5.26 Å². The molecule has 0 amide bonds. The quantitative estimate of drug-likeness (QED) is 0.787. The van der Waals surface area contributed by atoms with Gasteiger partial charge in [-0.05, 0) is 24.0 Å². The SMILES string of the molecule is N#Cc1ccccc1[C@H](N)CC1CC1. The minimum absolute atomic E-state index is 0.0401. The van der Waals surface area contributed by atoms with Gasteiger partial charge in [-0.3, -0.25) is 0 Å². The summed E-state index contributed by atoms with van der Waals surface area (Å²) >= 11 is 0. The molecular weight excluding hydrogens is 172 g/mol. The summed E-state index contributed by atoms with van der Waals surface area (Å²) in [4.78, 5) is 0. The van der Waals surface area contributed by atoms with Crippen LogP contribution in [0.15, 0.2) is 24.3 Å². The lowest BCUT2D eigenvalue weighted by Gasteiger charge is -2.12. The maximum atomic E-state index is 8.91. The van der Waals surface area contributed by atoms with Crippen LogP contribution in [0.2, 0.25) is 0 Å². The van der Waals surface area contributed by atoms with Gasteiger partial charge in [-0.1, -0.05) is 31.0 Å². The normalized spacial score (nSPS) is 17.4.